The molecule has 0 spiro atoms. The number of anilines is 2. The molecule has 3 rings (SSSR count). The summed E-state index contributed by atoms with van der Waals surface area (Å²) < 4.78 is 39.2. The average molecular weight is 345 g/mol. The normalized spacial score (nSPS) is 14.6. The molecule has 1 heterocycles. The molecule has 0 bridgehead atoms. The van der Waals surface area contributed by atoms with Crippen LogP contribution >= 0.6 is 23.2 Å². The second kappa shape index (κ2) is 5.48. The molecule has 22 heavy (non-hydrogen) atoms. The molecule has 114 valence electrons. The molecule has 2 nitrogen and oxygen atoms in total. The van der Waals surface area contributed by atoms with Crippen LogP contribution in [0.4, 0.5) is 30.2 Å². The van der Waals surface area contributed by atoms with Gasteiger partial charge in [0.25, 0.3) is 0 Å². The highest BCUT2D eigenvalue weighted by Gasteiger charge is 2.39. The monoisotopic (exact) mass is 344 g/mol. The molecule has 0 unspecified atom stereocenters. The molecule has 7 heteroatoms. The van der Waals surface area contributed by atoms with Crippen molar-refractivity contribution in [1.29, 1.82) is 0 Å². The van der Waals surface area contributed by atoms with E-state index in [2.05, 4.69) is 4.99 Å². The van der Waals surface area contributed by atoms with Crippen LogP contribution in [0.5, 0.6) is 0 Å². The number of aliphatic imine (C=N–C) groups is 1. The van der Waals surface area contributed by atoms with Crippen LogP contribution in [0.2, 0.25) is 10.0 Å². The molecule has 0 aromatic heterocycles. The summed E-state index contributed by atoms with van der Waals surface area (Å²) in [5.41, 5.74) is 0.539. The standard InChI is InChI=1S/C15H9Cl2F3N2/c16-10-6-5-9(7-11(10)17)22-8-14(15(18,19)20)21-12-3-1-2-4-13(12)22/h1-7H,8H2. The Kier molecular flexibility index (Phi) is 3.78. The van der Waals surface area contributed by atoms with Crippen LogP contribution in [0.1, 0.15) is 0 Å². The first-order valence-corrected chi connectivity index (χ1v) is 7.08. The lowest BCUT2D eigenvalue weighted by Crippen LogP contribution is -2.37. The molecule has 0 amide bonds. The van der Waals surface area contributed by atoms with E-state index in [0.29, 0.717) is 16.4 Å². The fourth-order valence-corrected chi connectivity index (χ4v) is 2.53. The highest BCUT2D eigenvalue weighted by atomic mass is 35.5. The third kappa shape index (κ3) is 2.78. The fraction of sp³-hybridized carbons (Fsp3) is 0.133. The van der Waals surface area contributed by atoms with Crippen molar-refractivity contribution in [2.45, 2.75) is 6.18 Å². The maximum Gasteiger partial charge on any atom is 0.431 e. The van der Waals surface area contributed by atoms with Gasteiger partial charge in [-0.05, 0) is 30.3 Å². The van der Waals surface area contributed by atoms with E-state index in [1.165, 1.54) is 4.90 Å². The van der Waals surface area contributed by atoms with Crippen LogP contribution in [0, 0.1) is 0 Å². The summed E-state index contributed by atoms with van der Waals surface area (Å²) in [5.74, 6) is 0. The summed E-state index contributed by atoms with van der Waals surface area (Å²) in [6.07, 6.45) is -4.48. The molecule has 1 aliphatic heterocycles. The minimum absolute atomic E-state index is 0.271. The smallest absolute Gasteiger partial charge is 0.334 e. The van der Waals surface area contributed by atoms with Gasteiger partial charge in [-0.3, -0.25) is 0 Å². The van der Waals surface area contributed by atoms with Crippen molar-refractivity contribution in [2.75, 3.05) is 11.4 Å². The van der Waals surface area contributed by atoms with Gasteiger partial charge in [0.05, 0.1) is 28.0 Å². The Bertz CT molecular complexity index is 757. The molecule has 0 fully saturated rings. The van der Waals surface area contributed by atoms with Crippen LogP contribution in [-0.2, 0) is 0 Å². The second-order valence-corrected chi connectivity index (χ2v) is 5.54. The van der Waals surface area contributed by atoms with Gasteiger partial charge in [-0.2, -0.15) is 13.2 Å². The number of rotatable bonds is 1. The van der Waals surface area contributed by atoms with Crippen molar-refractivity contribution in [3.8, 4) is 0 Å². The van der Waals surface area contributed by atoms with E-state index in [4.69, 9.17) is 23.2 Å². The van der Waals surface area contributed by atoms with Gasteiger partial charge < -0.3 is 4.90 Å². The van der Waals surface area contributed by atoms with Gasteiger partial charge in [0.15, 0.2) is 0 Å². The maximum atomic E-state index is 13.1. The number of fused-ring (bicyclic) bond motifs is 1. The zero-order chi connectivity index (χ0) is 15.9. The molecule has 0 radical (unpaired) electrons. The first kappa shape index (κ1) is 15.2. The van der Waals surface area contributed by atoms with Crippen molar-refractivity contribution < 1.29 is 13.2 Å². The number of halogens is 5. The van der Waals surface area contributed by atoms with Gasteiger partial charge in [0, 0.05) is 5.69 Å². The number of alkyl halides is 3. The van der Waals surface area contributed by atoms with Crippen LogP contribution in [-0.4, -0.2) is 18.4 Å². The highest BCUT2D eigenvalue weighted by molar-refractivity contribution is 6.42. The minimum atomic E-state index is -4.48. The Morgan fingerprint density at radius 2 is 1.73 bits per heavy atom. The Morgan fingerprint density at radius 3 is 2.41 bits per heavy atom. The first-order chi connectivity index (χ1) is 10.4. The third-order valence-corrected chi connectivity index (χ3v) is 4.02. The molecular formula is C15H9Cl2F3N2. The van der Waals surface area contributed by atoms with Crippen molar-refractivity contribution >= 4 is 46.0 Å². The van der Waals surface area contributed by atoms with Crippen LogP contribution in [0.25, 0.3) is 0 Å². The zero-order valence-corrected chi connectivity index (χ0v) is 12.5. The second-order valence-electron chi connectivity index (χ2n) is 4.73. The molecule has 2 aromatic rings. The van der Waals surface area contributed by atoms with E-state index in [0.717, 1.165) is 0 Å². The van der Waals surface area contributed by atoms with E-state index in [1.54, 1.807) is 42.5 Å². The summed E-state index contributed by atoms with van der Waals surface area (Å²) in [6, 6.07) is 11.4. The van der Waals surface area contributed by atoms with E-state index in [9.17, 15) is 13.2 Å². The predicted molar refractivity (Wildman–Crippen MR) is 83.1 cm³/mol. The Labute approximate surface area is 134 Å². The number of para-hydroxylation sites is 2. The van der Waals surface area contributed by atoms with Crippen molar-refractivity contribution in [1.82, 2.24) is 0 Å². The number of nitrogens with zero attached hydrogens (tertiary/aromatic N) is 2. The molecule has 2 aromatic carbocycles. The Hall–Kier alpha value is -1.72. The molecular weight excluding hydrogens is 336 g/mol. The van der Waals surface area contributed by atoms with Gasteiger partial charge >= 0.3 is 6.18 Å². The van der Waals surface area contributed by atoms with Crippen molar-refractivity contribution in [2.24, 2.45) is 4.99 Å². The average Bonchev–Trinajstić information content (AvgIpc) is 2.48. The predicted octanol–water partition coefficient (Wildman–Crippen LogP) is 5.78. The molecule has 0 aliphatic carbocycles. The minimum Gasteiger partial charge on any atom is -0.334 e. The first-order valence-electron chi connectivity index (χ1n) is 6.32. The van der Waals surface area contributed by atoms with Crippen LogP contribution in [0.15, 0.2) is 47.5 Å². The van der Waals surface area contributed by atoms with E-state index >= 15 is 0 Å². The van der Waals surface area contributed by atoms with Gasteiger partial charge in [-0.15, -0.1) is 0 Å². The van der Waals surface area contributed by atoms with Crippen LogP contribution < -0.4 is 4.90 Å². The van der Waals surface area contributed by atoms with Crippen molar-refractivity contribution in [3.63, 3.8) is 0 Å². The Morgan fingerprint density at radius 1 is 1.00 bits per heavy atom. The summed E-state index contributed by atoms with van der Waals surface area (Å²) in [4.78, 5) is 5.24. The Balaban J connectivity index is 2.12. The maximum absolute atomic E-state index is 13.1. The van der Waals surface area contributed by atoms with Gasteiger partial charge in [-0.25, -0.2) is 4.99 Å². The van der Waals surface area contributed by atoms with E-state index in [-0.39, 0.29) is 17.3 Å². The van der Waals surface area contributed by atoms with E-state index in [1.807, 2.05) is 0 Å². The summed E-state index contributed by atoms with van der Waals surface area (Å²) >= 11 is 11.8. The fourth-order valence-electron chi connectivity index (χ4n) is 2.24. The largest absolute Gasteiger partial charge is 0.431 e. The molecule has 0 saturated heterocycles. The lowest BCUT2D eigenvalue weighted by molar-refractivity contribution is -0.0596. The summed E-state index contributed by atoms with van der Waals surface area (Å²) in [6.45, 7) is -0.377. The number of hydrogen-bond acceptors (Lipinski definition) is 2. The summed E-state index contributed by atoms with van der Waals surface area (Å²) in [7, 11) is 0. The van der Waals surface area contributed by atoms with Crippen molar-refractivity contribution in [3.05, 3.63) is 52.5 Å². The van der Waals surface area contributed by atoms with Gasteiger partial charge in [0.1, 0.15) is 5.71 Å². The topological polar surface area (TPSA) is 15.6 Å². The lowest BCUT2D eigenvalue weighted by atomic mass is 10.1. The SMILES string of the molecule is FC(F)(F)C1=Nc2ccccc2N(c2ccc(Cl)c(Cl)c2)C1. The van der Waals surface area contributed by atoms with Crippen LogP contribution in [0.3, 0.4) is 0 Å². The molecule has 0 atom stereocenters. The molecule has 0 N–H and O–H groups in total. The molecule has 0 saturated carbocycles. The quantitative estimate of drug-likeness (QED) is 0.640. The van der Waals surface area contributed by atoms with Gasteiger partial charge in [0.2, 0.25) is 0 Å². The zero-order valence-electron chi connectivity index (χ0n) is 11.0. The summed E-state index contributed by atoms with van der Waals surface area (Å²) in [5, 5.41) is 0.633. The van der Waals surface area contributed by atoms with E-state index < -0.39 is 11.9 Å². The van der Waals surface area contributed by atoms with Gasteiger partial charge in [-0.1, -0.05) is 35.3 Å². The lowest BCUT2D eigenvalue weighted by Gasteiger charge is -2.31. The third-order valence-electron chi connectivity index (χ3n) is 3.28. The number of benzene rings is 2. The molecule has 1 aliphatic rings. The number of hydrogen-bond donors (Lipinski definition) is 0. The highest BCUT2D eigenvalue weighted by Crippen LogP contribution is 2.40.